The summed E-state index contributed by atoms with van der Waals surface area (Å²) in [4.78, 5) is 15.9. The Kier molecular flexibility index (Phi) is 7.22. The maximum absolute atomic E-state index is 12.0. The van der Waals surface area contributed by atoms with Gasteiger partial charge in [-0.15, -0.1) is 11.3 Å². The molecule has 1 fully saturated rings. The van der Waals surface area contributed by atoms with Crippen LogP contribution in [0.5, 0.6) is 0 Å². The van der Waals surface area contributed by atoms with Gasteiger partial charge in [-0.1, -0.05) is 29.8 Å². The SMILES string of the molecule is O=C(C[NH+]1CC[NH+](Cc2ccccc2Cl)CC1)NN=Cc1ccc(Br)s1. The molecule has 0 spiro atoms. The van der Waals surface area contributed by atoms with Crippen LogP contribution in [-0.2, 0) is 11.3 Å². The minimum atomic E-state index is -0.0403. The average Bonchev–Trinajstić information content (AvgIpc) is 3.04. The van der Waals surface area contributed by atoms with Gasteiger partial charge in [-0.3, -0.25) is 4.79 Å². The fourth-order valence-electron chi connectivity index (χ4n) is 3.05. The fraction of sp³-hybridized carbons (Fsp3) is 0.333. The number of thiophene rings is 1. The highest BCUT2D eigenvalue weighted by Crippen LogP contribution is 2.20. The van der Waals surface area contributed by atoms with Crippen molar-refractivity contribution in [2.24, 2.45) is 5.10 Å². The van der Waals surface area contributed by atoms with E-state index in [1.165, 1.54) is 15.4 Å². The van der Waals surface area contributed by atoms with Crippen LogP contribution in [0.25, 0.3) is 0 Å². The third kappa shape index (κ3) is 5.89. The normalized spacial score (nSPS) is 20.4. The van der Waals surface area contributed by atoms with Crippen LogP contribution >= 0.6 is 38.9 Å². The molecule has 2 heterocycles. The molecule has 1 aliphatic rings. The Balaban J connectivity index is 1.39. The van der Waals surface area contributed by atoms with Crippen molar-refractivity contribution in [2.75, 3.05) is 32.7 Å². The smallest absolute Gasteiger partial charge is 0.295 e. The lowest BCUT2D eigenvalue weighted by atomic mass is 10.2. The van der Waals surface area contributed by atoms with Crippen molar-refractivity contribution in [1.29, 1.82) is 0 Å². The molecule has 0 bridgehead atoms. The summed E-state index contributed by atoms with van der Waals surface area (Å²) in [6, 6.07) is 11.9. The van der Waals surface area contributed by atoms with Crippen molar-refractivity contribution in [3.63, 3.8) is 0 Å². The Bertz CT molecular complexity index is 774. The van der Waals surface area contributed by atoms with Gasteiger partial charge in [0.15, 0.2) is 6.54 Å². The van der Waals surface area contributed by atoms with Gasteiger partial charge in [0.05, 0.1) is 10.0 Å². The van der Waals surface area contributed by atoms with Crippen LogP contribution in [0.1, 0.15) is 10.4 Å². The Labute approximate surface area is 170 Å². The molecular formula is C18H22BrClN4OS+2. The minimum Gasteiger partial charge on any atom is -0.322 e. The first-order chi connectivity index (χ1) is 12.6. The van der Waals surface area contributed by atoms with Crippen molar-refractivity contribution < 1.29 is 14.6 Å². The number of quaternary nitrogens is 2. The molecular weight excluding hydrogens is 436 g/mol. The predicted molar refractivity (Wildman–Crippen MR) is 109 cm³/mol. The summed E-state index contributed by atoms with van der Waals surface area (Å²) in [5.41, 5.74) is 3.82. The van der Waals surface area contributed by atoms with E-state index in [-0.39, 0.29) is 5.91 Å². The molecule has 1 amide bonds. The standard InChI is InChI=1S/C18H20BrClN4OS/c19-17-6-5-15(26-17)11-21-22-18(25)13-24-9-7-23(8-10-24)12-14-3-1-2-4-16(14)20/h1-6,11H,7-10,12-13H2,(H,22,25)/p+2. The van der Waals surface area contributed by atoms with E-state index in [0.29, 0.717) is 6.54 Å². The number of piperazine rings is 1. The van der Waals surface area contributed by atoms with E-state index in [4.69, 9.17) is 11.6 Å². The zero-order valence-corrected chi connectivity index (χ0v) is 17.5. The molecule has 1 aromatic carbocycles. The molecule has 3 rings (SSSR count). The third-order valence-corrected chi connectivity index (χ3v) is 6.38. The second kappa shape index (κ2) is 9.62. The molecule has 1 aliphatic heterocycles. The summed E-state index contributed by atoms with van der Waals surface area (Å²) in [6.45, 7) is 5.45. The molecule has 26 heavy (non-hydrogen) atoms. The second-order valence-corrected chi connectivity index (χ2v) is 9.28. The molecule has 0 aliphatic carbocycles. The van der Waals surface area contributed by atoms with Crippen LogP contribution in [0.2, 0.25) is 5.02 Å². The van der Waals surface area contributed by atoms with Crippen molar-refractivity contribution in [3.8, 4) is 0 Å². The highest BCUT2D eigenvalue weighted by atomic mass is 79.9. The van der Waals surface area contributed by atoms with Gasteiger partial charge in [0.2, 0.25) is 0 Å². The summed E-state index contributed by atoms with van der Waals surface area (Å²) in [7, 11) is 0. The fourth-order valence-corrected chi connectivity index (χ4v) is 4.55. The molecule has 2 aromatic rings. The quantitative estimate of drug-likeness (QED) is 0.432. The Hall–Kier alpha value is -1.25. The number of hydrogen-bond acceptors (Lipinski definition) is 3. The van der Waals surface area contributed by atoms with E-state index >= 15 is 0 Å². The number of rotatable bonds is 6. The zero-order valence-electron chi connectivity index (χ0n) is 14.3. The van der Waals surface area contributed by atoms with E-state index < -0.39 is 0 Å². The maximum atomic E-state index is 12.0. The van der Waals surface area contributed by atoms with E-state index in [1.54, 1.807) is 17.6 Å². The molecule has 3 N–H and O–H groups in total. The highest BCUT2D eigenvalue weighted by Gasteiger charge is 2.25. The molecule has 1 aromatic heterocycles. The monoisotopic (exact) mass is 456 g/mol. The van der Waals surface area contributed by atoms with Gasteiger partial charge in [0.1, 0.15) is 32.7 Å². The zero-order chi connectivity index (χ0) is 18.4. The summed E-state index contributed by atoms with van der Waals surface area (Å²) < 4.78 is 1.05. The van der Waals surface area contributed by atoms with Crippen molar-refractivity contribution in [3.05, 3.63) is 55.6 Å². The second-order valence-electron chi connectivity index (χ2n) is 6.38. The topological polar surface area (TPSA) is 50.3 Å². The molecule has 138 valence electrons. The first-order valence-electron chi connectivity index (χ1n) is 8.58. The highest BCUT2D eigenvalue weighted by molar-refractivity contribution is 9.11. The van der Waals surface area contributed by atoms with Crippen LogP contribution in [0, 0.1) is 0 Å². The third-order valence-electron chi connectivity index (χ3n) is 4.45. The van der Waals surface area contributed by atoms with Gasteiger partial charge in [0.25, 0.3) is 5.91 Å². The van der Waals surface area contributed by atoms with Crippen LogP contribution in [-0.4, -0.2) is 44.8 Å². The van der Waals surface area contributed by atoms with E-state index in [0.717, 1.165) is 46.4 Å². The number of halogens is 2. The van der Waals surface area contributed by atoms with Gasteiger partial charge in [0, 0.05) is 15.5 Å². The maximum Gasteiger partial charge on any atom is 0.295 e. The number of hydrogen-bond donors (Lipinski definition) is 3. The van der Waals surface area contributed by atoms with Crippen LogP contribution < -0.4 is 15.2 Å². The number of carbonyl (C=O) groups excluding carboxylic acids is 1. The van der Waals surface area contributed by atoms with Crippen LogP contribution in [0.4, 0.5) is 0 Å². The summed E-state index contributed by atoms with van der Waals surface area (Å²) in [5, 5.41) is 4.87. The van der Waals surface area contributed by atoms with Crippen LogP contribution in [0.15, 0.2) is 45.3 Å². The predicted octanol–water partition coefficient (Wildman–Crippen LogP) is 0.598. The van der Waals surface area contributed by atoms with E-state index in [9.17, 15) is 4.79 Å². The molecule has 1 saturated heterocycles. The molecule has 0 radical (unpaired) electrons. The van der Waals surface area contributed by atoms with Gasteiger partial charge in [-0.25, -0.2) is 5.43 Å². The summed E-state index contributed by atoms with van der Waals surface area (Å²) >= 11 is 11.2. The Morgan fingerprint density at radius 1 is 1.19 bits per heavy atom. The number of benzene rings is 1. The van der Waals surface area contributed by atoms with E-state index in [1.807, 2.05) is 30.3 Å². The molecule has 0 unspecified atom stereocenters. The summed E-state index contributed by atoms with van der Waals surface area (Å²) in [5.74, 6) is -0.0403. The number of amides is 1. The average molecular weight is 458 g/mol. The van der Waals surface area contributed by atoms with Crippen molar-refractivity contribution in [1.82, 2.24) is 5.43 Å². The number of nitrogens with zero attached hydrogens (tertiary/aromatic N) is 1. The van der Waals surface area contributed by atoms with Crippen LogP contribution in [0.3, 0.4) is 0 Å². The van der Waals surface area contributed by atoms with Crippen molar-refractivity contribution >= 4 is 51.0 Å². The first kappa shape index (κ1) is 19.5. The number of carbonyl (C=O) groups is 1. The Morgan fingerprint density at radius 2 is 1.92 bits per heavy atom. The minimum absolute atomic E-state index is 0.0403. The molecule has 0 atom stereocenters. The summed E-state index contributed by atoms with van der Waals surface area (Å²) in [6.07, 6.45) is 1.67. The van der Waals surface area contributed by atoms with Crippen molar-refractivity contribution in [2.45, 2.75) is 6.54 Å². The first-order valence-corrected chi connectivity index (χ1v) is 10.6. The lowest BCUT2D eigenvalue weighted by molar-refractivity contribution is -1.02. The van der Waals surface area contributed by atoms with Gasteiger partial charge >= 0.3 is 0 Å². The van der Waals surface area contributed by atoms with Gasteiger partial charge in [-0.2, -0.15) is 5.10 Å². The molecule has 5 nitrogen and oxygen atoms in total. The Morgan fingerprint density at radius 3 is 2.62 bits per heavy atom. The molecule has 8 heteroatoms. The van der Waals surface area contributed by atoms with E-state index in [2.05, 4.69) is 32.5 Å². The lowest BCUT2D eigenvalue weighted by Crippen LogP contribution is -3.28. The van der Waals surface area contributed by atoms with Gasteiger partial charge < -0.3 is 9.80 Å². The number of nitrogens with one attached hydrogen (secondary N) is 3. The largest absolute Gasteiger partial charge is 0.322 e. The van der Waals surface area contributed by atoms with Gasteiger partial charge in [-0.05, 0) is 34.1 Å². The lowest BCUT2D eigenvalue weighted by Gasteiger charge is -2.29. The number of hydrazone groups is 1. The molecule has 0 saturated carbocycles.